The van der Waals surface area contributed by atoms with E-state index in [2.05, 4.69) is 45.0 Å². The maximum Gasteiger partial charge on any atom is 0.194 e. The molecule has 2 aromatic heterocycles. The van der Waals surface area contributed by atoms with Crippen molar-refractivity contribution in [3.05, 3.63) is 34.0 Å². The van der Waals surface area contributed by atoms with Crippen molar-refractivity contribution < 1.29 is 0 Å². The Balaban J connectivity index is 0.00000243. The molecular weight excluding hydrogens is 459 g/mol. The fourth-order valence-corrected chi connectivity index (χ4v) is 3.80. The van der Waals surface area contributed by atoms with Crippen LogP contribution >= 0.6 is 35.3 Å². The number of aromatic nitrogens is 3. The van der Waals surface area contributed by atoms with Crippen LogP contribution in [-0.4, -0.2) is 45.3 Å². The molecule has 0 bridgehead atoms. The number of hydrogen-bond acceptors (Lipinski definition) is 4. The van der Waals surface area contributed by atoms with Crippen molar-refractivity contribution in [3.8, 4) is 0 Å². The van der Waals surface area contributed by atoms with Crippen LogP contribution in [0.25, 0.3) is 0 Å². The van der Waals surface area contributed by atoms with Gasteiger partial charge in [-0.2, -0.15) is 0 Å². The zero-order valence-corrected chi connectivity index (χ0v) is 19.0. The summed E-state index contributed by atoms with van der Waals surface area (Å²) >= 11 is 1.82. The molecule has 0 aromatic carbocycles. The van der Waals surface area contributed by atoms with E-state index in [0.717, 1.165) is 30.6 Å². The molecule has 8 heteroatoms. The topological polar surface area (TPSA) is 58.3 Å². The maximum absolute atomic E-state index is 4.84. The number of halogens is 1. The summed E-state index contributed by atoms with van der Waals surface area (Å²) in [5, 5.41) is 14.2. The summed E-state index contributed by atoms with van der Waals surface area (Å²) in [7, 11) is 4.11. The van der Waals surface area contributed by atoms with E-state index in [1.165, 1.54) is 30.6 Å². The van der Waals surface area contributed by atoms with Gasteiger partial charge in [0.15, 0.2) is 11.8 Å². The Kier molecular flexibility index (Phi) is 8.33. The SMILES string of the molecule is Cc1nnc(CN=C(NC2CCCC2)N(C)CCc2cccs2)n1C.I. The molecule has 1 aliphatic carbocycles. The van der Waals surface area contributed by atoms with Crippen LogP contribution in [0.15, 0.2) is 22.5 Å². The molecule has 0 atom stereocenters. The standard InChI is InChI=1S/C18H28N6S.HI/c1-14-21-22-17(24(14)3)13-19-18(20-15-7-4-5-8-15)23(2)11-10-16-9-6-12-25-16;/h6,9,12,15H,4-5,7-8,10-11,13H2,1-3H3,(H,19,20);1H. The Labute approximate surface area is 177 Å². The number of nitrogens with one attached hydrogen (secondary N) is 1. The average molecular weight is 488 g/mol. The number of hydrogen-bond donors (Lipinski definition) is 1. The molecule has 2 aromatic rings. The lowest BCUT2D eigenvalue weighted by atomic mass is 10.2. The van der Waals surface area contributed by atoms with Crippen LogP contribution in [0.3, 0.4) is 0 Å². The van der Waals surface area contributed by atoms with Crippen molar-refractivity contribution in [2.45, 2.75) is 51.6 Å². The molecule has 26 heavy (non-hydrogen) atoms. The predicted octanol–water partition coefficient (Wildman–Crippen LogP) is 3.37. The minimum Gasteiger partial charge on any atom is -0.354 e. The van der Waals surface area contributed by atoms with Gasteiger partial charge in [0.05, 0.1) is 0 Å². The Morgan fingerprint density at radius 2 is 2.15 bits per heavy atom. The average Bonchev–Trinajstić information content (AvgIpc) is 3.35. The lowest BCUT2D eigenvalue weighted by molar-refractivity contribution is 0.465. The van der Waals surface area contributed by atoms with Crippen LogP contribution in [0.4, 0.5) is 0 Å². The van der Waals surface area contributed by atoms with Gasteiger partial charge in [0, 0.05) is 31.6 Å². The van der Waals surface area contributed by atoms with Gasteiger partial charge < -0.3 is 14.8 Å². The molecule has 2 heterocycles. The van der Waals surface area contributed by atoms with E-state index in [0.29, 0.717) is 12.6 Å². The molecule has 1 saturated carbocycles. The van der Waals surface area contributed by atoms with E-state index in [-0.39, 0.29) is 24.0 Å². The van der Waals surface area contributed by atoms with Gasteiger partial charge in [-0.05, 0) is 37.6 Å². The number of guanidine groups is 1. The second kappa shape index (κ2) is 10.2. The Morgan fingerprint density at radius 1 is 1.38 bits per heavy atom. The first-order valence-corrected chi connectivity index (χ1v) is 9.91. The summed E-state index contributed by atoms with van der Waals surface area (Å²) in [4.78, 5) is 8.49. The Hall–Kier alpha value is -1.16. The first kappa shape index (κ1) is 21.1. The van der Waals surface area contributed by atoms with Crippen LogP contribution in [0.1, 0.15) is 42.2 Å². The number of aryl methyl sites for hydroxylation is 1. The van der Waals surface area contributed by atoms with Gasteiger partial charge in [0.1, 0.15) is 12.4 Å². The van der Waals surface area contributed by atoms with E-state index in [9.17, 15) is 0 Å². The molecule has 0 unspecified atom stereocenters. The van der Waals surface area contributed by atoms with E-state index >= 15 is 0 Å². The van der Waals surface area contributed by atoms with Crippen molar-refractivity contribution in [1.29, 1.82) is 0 Å². The first-order valence-electron chi connectivity index (χ1n) is 9.03. The van der Waals surface area contributed by atoms with Gasteiger partial charge in [-0.25, -0.2) is 4.99 Å². The molecule has 0 aliphatic heterocycles. The van der Waals surface area contributed by atoms with E-state index < -0.39 is 0 Å². The van der Waals surface area contributed by atoms with Crippen molar-refractivity contribution in [2.75, 3.05) is 13.6 Å². The number of nitrogens with zero attached hydrogens (tertiary/aromatic N) is 5. The molecule has 144 valence electrons. The van der Waals surface area contributed by atoms with Gasteiger partial charge in [0.2, 0.25) is 0 Å². The molecule has 0 spiro atoms. The quantitative estimate of drug-likeness (QED) is 0.385. The second-order valence-corrected chi connectivity index (χ2v) is 7.77. The number of likely N-dealkylation sites (N-methyl/N-ethyl adjacent to an activating group) is 1. The summed E-state index contributed by atoms with van der Waals surface area (Å²) in [5.74, 6) is 2.79. The van der Waals surface area contributed by atoms with Crippen molar-refractivity contribution in [2.24, 2.45) is 12.0 Å². The number of rotatable bonds is 6. The minimum atomic E-state index is 0. The largest absolute Gasteiger partial charge is 0.354 e. The summed E-state index contributed by atoms with van der Waals surface area (Å²) in [5.41, 5.74) is 0. The lowest BCUT2D eigenvalue weighted by Gasteiger charge is -2.25. The molecule has 0 radical (unpaired) electrons. The first-order chi connectivity index (χ1) is 12.1. The molecule has 1 N–H and O–H groups in total. The third-order valence-corrected chi connectivity index (χ3v) is 5.81. The number of aliphatic imine (C=N–C) groups is 1. The molecule has 1 aliphatic rings. The monoisotopic (exact) mass is 488 g/mol. The van der Waals surface area contributed by atoms with Crippen molar-refractivity contribution in [1.82, 2.24) is 25.0 Å². The maximum atomic E-state index is 4.84. The summed E-state index contributed by atoms with van der Waals surface area (Å²) in [6.45, 7) is 3.47. The molecule has 0 saturated heterocycles. The van der Waals surface area contributed by atoms with Crippen molar-refractivity contribution in [3.63, 3.8) is 0 Å². The van der Waals surface area contributed by atoms with Gasteiger partial charge >= 0.3 is 0 Å². The highest BCUT2D eigenvalue weighted by Crippen LogP contribution is 2.18. The third-order valence-electron chi connectivity index (χ3n) is 4.88. The summed E-state index contributed by atoms with van der Waals surface area (Å²) < 4.78 is 2.00. The van der Waals surface area contributed by atoms with E-state index in [1.54, 1.807) is 0 Å². The van der Waals surface area contributed by atoms with Crippen LogP contribution in [-0.2, 0) is 20.0 Å². The Morgan fingerprint density at radius 3 is 2.77 bits per heavy atom. The van der Waals surface area contributed by atoms with Crippen molar-refractivity contribution >= 4 is 41.3 Å². The highest BCUT2D eigenvalue weighted by molar-refractivity contribution is 14.0. The molecule has 1 fully saturated rings. The summed E-state index contributed by atoms with van der Waals surface area (Å²) in [6.07, 6.45) is 6.14. The van der Waals surface area contributed by atoms with Gasteiger partial charge in [-0.1, -0.05) is 18.9 Å². The number of thiophene rings is 1. The zero-order valence-electron chi connectivity index (χ0n) is 15.8. The van der Waals surface area contributed by atoms with Gasteiger partial charge in [-0.15, -0.1) is 45.5 Å². The second-order valence-electron chi connectivity index (χ2n) is 6.74. The minimum absolute atomic E-state index is 0. The van der Waals surface area contributed by atoms with E-state index in [4.69, 9.17) is 4.99 Å². The molecule has 3 rings (SSSR count). The zero-order chi connectivity index (χ0) is 17.6. The third kappa shape index (κ3) is 5.67. The van der Waals surface area contributed by atoms with Crippen LogP contribution in [0, 0.1) is 6.92 Å². The lowest BCUT2D eigenvalue weighted by Crippen LogP contribution is -2.44. The van der Waals surface area contributed by atoms with Crippen LogP contribution in [0.2, 0.25) is 0 Å². The summed E-state index contributed by atoms with van der Waals surface area (Å²) in [6, 6.07) is 4.86. The highest BCUT2D eigenvalue weighted by Gasteiger charge is 2.18. The Bertz CT molecular complexity index is 691. The highest BCUT2D eigenvalue weighted by atomic mass is 127. The predicted molar refractivity (Wildman–Crippen MR) is 118 cm³/mol. The fraction of sp³-hybridized carbons (Fsp3) is 0.611. The van der Waals surface area contributed by atoms with Crippen LogP contribution in [0.5, 0.6) is 0 Å². The smallest absolute Gasteiger partial charge is 0.194 e. The van der Waals surface area contributed by atoms with Gasteiger partial charge in [0.25, 0.3) is 0 Å². The molecular formula is C18H29IN6S. The van der Waals surface area contributed by atoms with Crippen LogP contribution < -0.4 is 5.32 Å². The fourth-order valence-electron chi connectivity index (χ4n) is 3.10. The van der Waals surface area contributed by atoms with E-state index in [1.807, 2.05) is 29.9 Å². The normalized spacial score (nSPS) is 15.1. The molecule has 0 amide bonds. The van der Waals surface area contributed by atoms with Gasteiger partial charge in [-0.3, -0.25) is 0 Å². The molecule has 6 nitrogen and oxygen atoms in total.